The van der Waals surface area contributed by atoms with Crippen LogP contribution in [-0.2, 0) is 11.8 Å². The number of rotatable bonds is 14. The lowest BCUT2D eigenvalue weighted by Crippen LogP contribution is -2.50. The fraction of sp³-hybridized carbons (Fsp3) is 0.263. The first-order valence-corrected chi connectivity index (χ1v) is 17.0. The minimum atomic E-state index is -4.45. The minimum absolute atomic E-state index is 0.269. The number of fused-ring (bicyclic) bond motifs is 3. The summed E-state index contributed by atoms with van der Waals surface area (Å²) >= 11 is 1.51. The molecule has 1 aromatic heterocycles. The Kier molecular flexibility index (Phi) is 10.3. The number of carbonyl (C=O) groups is 1. The molecule has 1 amide bonds. The van der Waals surface area contributed by atoms with Crippen molar-refractivity contribution >= 4 is 23.4 Å². The van der Waals surface area contributed by atoms with Crippen LogP contribution in [0.3, 0.4) is 0 Å². The average molecular weight is 671 g/mol. The number of anilines is 1. The van der Waals surface area contributed by atoms with E-state index in [0.29, 0.717) is 30.1 Å². The lowest BCUT2D eigenvalue weighted by Gasteiger charge is -2.37. The van der Waals surface area contributed by atoms with Crippen LogP contribution in [0.2, 0.25) is 0 Å². The number of aromatic amines is 1. The van der Waals surface area contributed by atoms with Gasteiger partial charge >= 0.3 is 6.18 Å². The minimum Gasteiger partial charge on any atom is -0.377 e. The second-order valence-electron chi connectivity index (χ2n) is 12.0. The number of nitrogens with zero attached hydrogens (tertiary/aromatic N) is 1. The molecule has 0 spiro atoms. The van der Waals surface area contributed by atoms with E-state index in [4.69, 9.17) is 0 Å². The Bertz CT molecular complexity index is 1800. The van der Waals surface area contributed by atoms with Gasteiger partial charge in [-0.15, -0.1) is 0 Å². The first kappa shape index (κ1) is 33.5. The highest BCUT2D eigenvalue weighted by Crippen LogP contribution is 2.53. The van der Waals surface area contributed by atoms with E-state index in [9.17, 15) is 23.1 Å². The zero-order valence-electron chi connectivity index (χ0n) is 26.3. The molecular weight excluding hydrogens is 634 g/mol. The molecule has 4 aromatic carbocycles. The molecule has 6 rings (SSSR count). The fourth-order valence-electron chi connectivity index (χ4n) is 6.59. The SMILES string of the molecule is O=C(Nc1ccccc1Cc1ccccc1)c1cnc(SCCCCCC2(C(O)NCC(F)(F)F)c3ccccc3-c3ccccc32)[nH]1. The number of imidazole rings is 1. The van der Waals surface area contributed by atoms with Crippen molar-refractivity contribution in [1.29, 1.82) is 0 Å². The molecule has 0 saturated carbocycles. The number of nitrogens with one attached hydrogen (secondary N) is 3. The van der Waals surface area contributed by atoms with Crippen LogP contribution in [0.5, 0.6) is 0 Å². The van der Waals surface area contributed by atoms with Crippen molar-refractivity contribution in [2.45, 2.75) is 55.1 Å². The fourth-order valence-corrected chi connectivity index (χ4v) is 7.44. The Balaban J connectivity index is 1.05. The van der Waals surface area contributed by atoms with E-state index in [1.807, 2.05) is 91.0 Å². The molecule has 10 heteroatoms. The van der Waals surface area contributed by atoms with Crippen LogP contribution in [0.1, 0.15) is 58.4 Å². The highest BCUT2D eigenvalue weighted by molar-refractivity contribution is 7.99. The quantitative estimate of drug-likeness (QED) is 0.0542. The van der Waals surface area contributed by atoms with Gasteiger partial charge in [0.15, 0.2) is 5.16 Å². The van der Waals surface area contributed by atoms with Crippen LogP contribution in [0.15, 0.2) is 114 Å². The second kappa shape index (κ2) is 14.8. The molecule has 0 fully saturated rings. The Morgan fingerprint density at radius 1 is 0.854 bits per heavy atom. The summed E-state index contributed by atoms with van der Waals surface area (Å²) in [5, 5.41) is 17.4. The van der Waals surface area contributed by atoms with E-state index in [1.54, 1.807) is 0 Å². The summed E-state index contributed by atoms with van der Waals surface area (Å²) in [6.45, 7) is -1.28. The maximum atomic E-state index is 13.2. The Morgan fingerprint density at radius 3 is 2.21 bits per heavy atom. The number of carbonyl (C=O) groups excluding carboxylic acids is 1. The number of alkyl halides is 3. The molecular formula is C38H37F3N4O2S. The van der Waals surface area contributed by atoms with Gasteiger partial charge in [-0.3, -0.25) is 10.1 Å². The van der Waals surface area contributed by atoms with Crippen molar-refractivity contribution in [3.05, 3.63) is 137 Å². The van der Waals surface area contributed by atoms with Gasteiger partial charge in [0.25, 0.3) is 5.91 Å². The molecule has 48 heavy (non-hydrogen) atoms. The zero-order valence-corrected chi connectivity index (χ0v) is 27.1. The number of benzene rings is 4. The normalized spacial score (nSPS) is 13.9. The highest BCUT2D eigenvalue weighted by Gasteiger charge is 2.48. The summed E-state index contributed by atoms with van der Waals surface area (Å²) in [7, 11) is 0. The molecule has 1 unspecified atom stereocenters. The summed E-state index contributed by atoms with van der Waals surface area (Å²) in [6, 6.07) is 33.1. The van der Waals surface area contributed by atoms with Crippen LogP contribution in [0, 0.1) is 0 Å². The number of aliphatic hydroxyl groups excluding tert-OH is 1. The molecule has 0 bridgehead atoms. The predicted molar refractivity (Wildman–Crippen MR) is 184 cm³/mol. The highest BCUT2D eigenvalue weighted by atomic mass is 32.2. The smallest absolute Gasteiger partial charge is 0.377 e. The topological polar surface area (TPSA) is 90.0 Å². The molecule has 1 heterocycles. The summed E-state index contributed by atoms with van der Waals surface area (Å²) in [5.41, 5.74) is 5.84. The summed E-state index contributed by atoms with van der Waals surface area (Å²) in [5.74, 6) is 0.471. The van der Waals surface area contributed by atoms with E-state index < -0.39 is 24.4 Å². The third kappa shape index (κ3) is 7.51. The lowest BCUT2D eigenvalue weighted by molar-refractivity contribution is -0.133. The van der Waals surface area contributed by atoms with Gasteiger partial charge in [-0.1, -0.05) is 122 Å². The molecule has 1 aliphatic carbocycles. The number of aromatic nitrogens is 2. The molecule has 0 radical (unpaired) electrons. The number of para-hydroxylation sites is 1. The first-order valence-electron chi connectivity index (χ1n) is 16.0. The Morgan fingerprint density at radius 2 is 1.50 bits per heavy atom. The van der Waals surface area contributed by atoms with Gasteiger partial charge in [0.2, 0.25) is 0 Å². The standard InChI is InChI=1S/C38H37F3N4O2S/c39-38(40,41)25-43-35(47)37(30-18-8-6-16-28(30)29-17-7-9-19-31(29)37)21-11-2-12-22-48-36-42-24-33(45-36)34(46)44-32-20-10-5-15-27(32)23-26-13-3-1-4-14-26/h1,3-10,13-20,24,35,43,47H,2,11-12,21-23,25H2,(H,42,45)(H,44,46). The maximum Gasteiger partial charge on any atom is 0.401 e. The van der Waals surface area contributed by atoms with Crippen LogP contribution in [0.4, 0.5) is 18.9 Å². The molecule has 0 aliphatic heterocycles. The Labute approximate surface area is 282 Å². The largest absolute Gasteiger partial charge is 0.401 e. The van der Waals surface area contributed by atoms with Crippen LogP contribution < -0.4 is 10.6 Å². The van der Waals surface area contributed by atoms with Gasteiger partial charge in [0.1, 0.15) is 11.9 Å². The van der Waals surface area contributed by atoms with Gasteiger partial charge < -0.3 is 15.4 Å². The third-order valence-electron chi connectivity index (χ3n) is 8.82. The van der Waals surface area contributed by atoms with E-state index in [1.165, 1.54) is 18.0 Å². The molecule has 6 nitrogen and oxygen atoms in total. The molecule has 1 aliphatic rings. The molecule has 4 N–H and O–H groups in total. The average Bonchev–Trinajstić information content (AvgIpc) is 3.68. The predicted octanol–water partition coefficient (Wildman–Crippen LogP) is 8.34. The van der Waals surface area contributed by atoms with E-state index in [0.717, 1.165) is 57.7 Å². The number of hydrogen-bond donors (Lipinski definition) is 4. The second-order valence-corrected chi connectivity index (χ2v) is 13.1. The van der Waals surface area contributed by atoms with Gasteiger partial charge in [-0.25, -0.2) is 4.98 Å². The third-order valence-corrected chi connectivity index (χ3v) is 9.80. The van der Waals surface area contributed by atoms with E-state index >= 15 is 0 Å². The number of unbranched alkanes of at least 4 members (excludes halogenated alkanes) is 2. The van der Waals surface area contributed by atoms with Gasteiger partial charge in [0, 0.05) is 11.4 Å². The van der Waals surface area contributed by atoms with Gasteiger partial charge in [-0.05, 0) is 58.7 Å². The van der Waals surface area contributed by atoms with Crippen molar-refractivity contribution in [3.8, 4) is 11.1 Å². The van der Waals surface area contributed by atoms with Gasteiger partial charge in [0.05, 0.1) is 18.2 Å². The number of thioether (sulfide) groups is 1. The number of hydrogen-bond acceptors (Lipinski definition) is 5. The van der Waals surface area contributed by atoms with Crippen LogP contribution >= 0.6 is 11.8 Å². The number of aliphatic hydroxyl groups is 1. The Hall–Kier alpha value is -4.38. The molecule has 1 atom stereocenters. The van der Waals surface area contributed by atoms with Crippen molar-refractivity contribution in [3.63, 3.8) is 0 Å². The first-order chi connectivity index (χ1) is 23.2. The van der Waals surface area contributed by atoms with Crippen molar-refractivity contribution < 1.29 is 23.1 Å². The van der Waals surface area contributed by atoms with E-state index in [-0.39, 0.29) is 5.91 Å². The molecule has 0 saturated heterocycles. The maximum absolute atomic E-state index is 13.2. The van der Waals surface area contributed by atoms with E-state index in [2.05, 4.69) is 32.7 Å². The van der Waals surface area contributed by atoms with Crippen LogP contribution in [-0.4, -0.2) is 45.7 Å². The summed E-state index contributed by atoms with van der Waals surface area (Å²) in [6.07, 6.45) is -0.831. The zero-order chi connectivity index (χ0) is 33.6. The number of H-pyrrole nitrogens is 1. The number of halogens is 3. The van der Waals surface area contributed by atoms with Crippen molar-refractivity contribution in [1.82, 2.24) is 15.3 Å². The lowest BCUT2D eigenvalue weighted by atomic mass is 9.72. The monoisotopic (exact) mass is 670 g/mol. The van der Waals surface area contributed by atoms with Crippen LogP contribution in [0.25, 0.3) is 11.1 Å². The van der Waals surface area contributed by atoms with Crippen molar-refractivity contribution in [2.75, 3.05) is 17.6 Å². The molecule has 5 aromatic rings. The number of amides is 1. The summed E-state index contributed by atoms with van der Waals surface area (Å²) in [4.78, 5) is 20.6. The van der Waals surface area contributed by atoms with Gasteiger partial charge in [-0.2, -0.15) is 13.2 Å². The molecule has 248 valence electrons. The summed E-state index contributed by atoms with van der Waals surface area (Å²) < 4.78 is 39.5. The van der Waals surface area contributed by atoms with Crippen molar-refractivity contribution in [2.24, 2.45) is 0 Å².